The largest absolute Gasteiger partial charge is 0.466 e. The molecule has 1 fully saturated rings. The summed E-state index contributed by atoms with van der Waals surface area (Å²) in [5.41, 5.74) is 1.92. The smallest absolute Gasteiger partial charge is 0.222 e. The number of likely N-dealkylation sites (tertiary alicyclic amines) is 1. The molecule has 2 aromatic rings. The summed E-state index contributed by atoms with van der Waals surface area (Å²) in [5, 5.41) is 17.4. The Morgan fingerprint density at radius 2 is 1.94 bits per heavy atom. The van der Waals surface area contributed by atoms with E-state index in [-0.39, 0.29) is 5.91 Å². The van der Waals surface area contributed by atoms with E-state index in [4.69, 9.17) is 4.42 Å². The molecule has 168 valence electrons. The third-order valence-corrected chi connectivity index (χ3v) is 5.55. The van der Waals surface area contributed by atoms with Crippen LogP contribution in [0.2, 0.25) is 0 Å². The fraction of sp³-hybridized carbons (Fsp3) is 0.500. The molecule has 7 heteroatoms. The third kappa shape index (κ3) is 6.10. The Balaban J connectivity index is 1.58. The minimum Gasteiger partial charge on any atom is -0.466 e. The summed E-state index contributed by atoms with van der Waals surface area (Å²) in [5.74, 6) is 2.40. The van der Waals surface area contributed by atoms with E-state index in [0.717, 1.165) is 47.7 Å². The number of guanidine groups is 1. The summed E-state index contributed by atoms with van der Waals surface area (Å²) >= 11 is 0. The number of hydrogen-bond acceptors (Lipinski definition) is 4. The van der Waals surface area contributed by atoms with Crippen LogP contribution in [0.15, 0.2) is 39.7 Å². The molecule has 7 nitrogen and oxygen atoms in total. The quantitative estimate of drug-likeness (QED) is 0.446. The first-order valence-corrected chi connectivity index (χ1v) is 11.0. The monoisotopic (exact) mass is 426 g/mol. The van der Waals surface area contributed by atoms with Gasteiger partial charge in [-0.25, -0.2) is 4.99 Å². The van der Waals surface area contributed by atoms with Gasteiger partial charge in [0.15, 0.2) is 5.96 Å². The number of nitrogens with one attached hydrogen (secondary N) is 2. The SMILES string of the molecule is CCNC(=NCc1ccc(CN2CCCC2=O)cc1)NCC(C)(O)c1cc(C)oc1C. The molecule has 0 saturated carbocycles. The second kappa shape index (κ2) is 10.0. The van der Waals surface area contributed by atoms with E-state index in [0.29, 0.717) is 32.0 Å². The van der Waals surface area contributed by atoms with E-state index in [1.807, 2.05) is 31.7 Å². The average Bonchev–Trinajstić information content (AvgIpc) is 3.29. The summed E-state index contributed by atoms with van der Waals surface area (Å²) in [7, 11) is 0. The van der Waals surface area contributed by atoms with Crippen molar-refractivity contribution in [1.29, 1.82) is 0 Å². The zero-order valence-electron chi connectivity index (χ0n) is 19.0. The van der Waals surface area contributed by atoms with Gasteiger partial charge in [0.2, 0.25) is 5.91 Å². The van der Waals surface area contributed by atoms with Crippen LogP contribution in [-0.4, -0.2) is 41.5 Å². The second-order valence-corrected chi connectivity index (χ2v) is 8.38. The zero-order chi connectivity index (χ0) is 22.4. The maximum Gasteiger partial charge on any atom is 0.222 e. The highest BCUT2D eigenvalue weighted by Crippen LogP contribution is 2.26. The zero-order valence-corrected chi connectivity index (χ0v) is 19.0. The fourth-order valence-electron chi connectivity index (χ4n) is 3.87. The van der Waals surface area contributed by atoms with E-state index in [9.17, 15) is 9.90 Å². The van der Waals surface area contributed by atoms with Crippen molar-refractivity contribution in [3.05, 3.63) is 58.5 Å². The number of carbonyl (C=O) groups excluding carboxylic acids is 1. The van der Waals surface area contributed by atoms with Crippen molar-refractivity contribution >= 4 is 11.9 Å². The average molecular weight is 427 g/mol. The van der Waals surface area contributed by atoms with Gasteiger partial charge in [-0.3, -0.25) is 4.79 Å². The van der Waals surface area contributed by atoms with E-state index >= 15 is 0 Å². The number of furan rings is 1. The molecular formula is C24H34N4O3. The number of benzene rings is 1. The van der Waals surface area contributed by atoms with Crippen molar-refractivity contribution in [2.24, 2.45) is 4.99 Å². The summed E-state index contributed by atoms with van der Waals surface area (Å²) in [4.78, 5) is 18.4. The number of amides is 1. The maximum atomic E-state index is 11.8. The molecule has 0 bridgehead atoms. The second-order valence-electron chi connectivity index (χ2n) is 8.38. The van der Waals surface area contributed by atoms with Gasteiger partial charge in [-0.05, 0) is 51.3 Å². The van der Waals surface area contributed by atoms with Gasteiger partial charge in [0.25, 0.3) is 0 Å². The number of aliphatic imine (C=N–C) groups is 1. The molecule has 1 atom stereocenters. The lowest BCUT2D eigenvalue weighted by Crippen LogP contribution is -2.44. The molecule has 1 aliphatic rings. The van der Waals surface area contributed by atoms with Crippen molar-refractivity contribution in [2.45, 2.75) is 59.2 Å². The predicted molar refractivity (Wildman–Crippen MR) is 122 cm³/mol. The van der Waals surface area contributed by atoms with Gasteiger partial charge in [-0.2, -0.15) is 0 Å². The van der Waals surface area contributed by atoms with Crippen molar-refractivity contribution in [2.75, 3.05) is 19.6 Å². The normalized spacial score (nSPS) is 16.5. The van der Waals surface area contributed by atoms with Crippen LogP contribution in [0.5, 0.6) is 0 Å². The van der Waals surface area contributed by atoms with Gasteiger partial charge in [-0.15, -0.1) is 0 Å². The Morgan fingerprint density at radius 1 is 1.23 bits per heavy atom. The Kier molecular flexibility index (Phi) is 7.38. The Hall–Kier alpha value is -2.80. The molecule has 2 heterocycles. The Morgan fingerprint density at radius 3 is 2.52 bits per heavy atom. The Labute approximate surface area is 184 Å². The van der Waals surface area contributed by atoms with Crippen LogP contribution < -0.4 is 10.6 Å². The van der Waals surface area contributed by atoms with Gasteiger partial charge in [0.05, 0.1) is 13.1 Å². The van der Waals surface area contributed by atoms with Crippen LogP contribution in [0.3, 0.4) is 0 Å². The highest BCUT2D eigenvalue weighted by Gasteiger charge is 2.28. The van der Waals surface area contributed by atoms with Gasteiger partial charge < -0.3 is 25.1 Å². The van der Waals surface area contributed by atoms with Crippen LogP contribution >= 0.6 is 0 Å². The third-order valence-electron chi connectivity index (χ3n) is 5.55. The van der Waals surface area contributed by atoms with Crippen LogP contribution in [0, 0.1) is 13.8 Å². The number of carbonyl (C=O) groups is 1. The molecule has 0 spiro atoms. The number of nitrogens with zero attached hydrogens (tertiary/aromatic N) is 2. The fourth-order valence-corrected chi connectivity index (χ4v) is 3.87. The van der Waals surface area contributed by atoms with Crippen LogP contribution in [0.25, 0.3) is 0 Å². The van der Waals surface area contributed by atoms with Crippen molar-refractivity contribution < 1.29 is 14.3 Å². The van der Waals surface area contributed by atoms with Crippen LogP contribution in [0.1, 0.15) is 54.9 Å². The van der Waals surface area contributed by atoms with E-state index < -0.39 is 5.60 Å². The molecule has 1 aromatic heterocycles. The van der Waals surface area contributed by atoms with Crippen molar-refractivity contribution in [3.63, 3.8) is 0 Å². The van der Waals surface area contributed by atoms with Gasteiger partial charge >= 0.3 is 0 Å². The highest BCUT2D eigenvalue weighted by atomic mass is 16.3. The molecular weight excluding hydrogens is 392 g/mol. The lowest BCUT2D eigenvalue weighted by atomic mass is 9.96. The number of aliphatic hydroxyl groups is 1. The summed E-state index contributed by atoms with van der Waals surface area (Å²) in [6, 6.07) is 10.1. The standard InChI is InChI=1S/C24H34N4O3/c1-5-25-23(27-16-24(4,30)21-13-17(2)31-18(21)3)26-14-19-8-10-20(11-9-19)15-28-12-6-7-22(28)29/h8-11,13,30H,5-7,12,14-16H2,1-4H3,(H2,25,26,27). The molecule has 0 radical (unpaired) electrons. The topological polar surface area (TPSA) is 90.1 Å². The molecule has 31 heavy (non-hydrogen) atoms. The molecule has 1 amide bonds. The lowest BCUT2D eigenvalue weighted by molar-refractivity contribution is -0.128. The summed E-state index contributed by atoms with van der Waals surface area (Å²) < 4.78 is 5.56. The first-order chi connectivity index (χ1) is 14.8. The van der Waals surface area contributed by atoms with Crippen molar-refractivity contribution in [1.82, 2.24) is 15.5 Å². The first kappa shape index (κ1) is 22.9. The number of hydrogen-bond donors (Lipinski definition) is 3. The first-order valence-electron chi connectivity index (χ1n) is 11.0. The lowest BCUT2D eigenvalue weighted by Gasteiger charge is -2.24. The van der Waals surface area contributed by atoms with Gasteiger partial charge in [-0.1, -0.05) is 24.3 Å². The molecule has 0 aliphatic carbocycles. The molecule has 3 rings (SSSR count). The number of rotatable bonds is 8. The Bertz CT molecular complexity index is 915. The van der Waals surface area contributed by atoms with Crippen LogP contribution in [-0.2, 0) is 23.5 Å². The molecule has 1 unspecified atom stereocenters. The predicted octanol–water partition coefficient (Wildman–Crippen LogP) is 2.98. The number of aryl methyl sites for hydroxylation is 2. The molecule has 1 aromatic carbocycles. The minimum absolute atomic E-state index is 0.242. The van der Waals surface area contributed by atoms with E-state index in [2.05, 4.69) is 39.9 Å². The summed E-state index contributed by atoms with van der Waals surface area (Å²) in [6.45, 7) is 10.6. The van der Waals surface area contributed by atoms with Crippen molar-refractivity contribution in [3.8, 4) is 0 Å². The van der Waals surface area contributed by atoms with E-state index in [1.165, 1.54) is 0 Å². The maximum absolute atomic E-state index is 11.8. The van der Waals surface area contributed by atoms with Crippen LogP contribution in [0.4, 0.5) is 0 Å². The minimum atomic E-state index is -1.08. The molecule has 1 saturated heterocycles. The van der Waals surface area contributed by atoms with E-state index in [1.54, 1.807) is 6.92 Å². The molecule has 1 aliphatic heterocycles. The highest BCUT2D eigenvalue weighted by molar-refractivity contribution is 5.80. The van der Waals surface area contributed by atoms with Gasteiger partial charge in [0.1, 0.15) is 17.1 Å². The summed E-state index contributed by atoms with van der Waals surface area (Å²) in [6.07, 6.45) is 1.62. The molecule has 3 N–H and O–H groups in total. The van der Waals surface area contributed by atoms with Gasteiger partial charge in [0, 0.05) is 31.6 Å².